The van der Waals surface area contributed by atoms with E-state index in [4.69, 9.17) is 9.84 Å². The maximum absolute atomic E-state index is 11.3. The van der Waals surface area contributed by atoms with Gasteiger partial charge >= 0.3 is 11.9 Å². The van der Waals surface area contributed by atoms with E-state index in [0.717, 1.165) is 7.11 Å². The lowest BCUT2D eigenvalue weighted by molar-refractivity contribution is -0.156. The number of carbonyl (C=O) groups excluding carboxylic acids is 1. The molecule has 1 atom stereocenters. The summed E-state index contributed by atoms with van der Waals surface area (Å²) in [6.07, 6.45) is 1.51. The molecule has 0 aromatic carbocycles. The van der Waals surface area contributed by atoms with E-state index in [0.29, 0.717) is 11.4 Å². The maximum Gasteiger partial charge on any atom is 0.320 e. The summed E-state index contributed by atoms with van der Waals surface area (Å²) in [6.45, 7) is 0. The smallest absolute Gasteiger partial charge is 0.320 e. The van der Waals surface area contributed by atoms with Crippen molar-refractivity contribution in [2.24, 2.45) is 5.92 Å². The number of ether oxygens (including phenoxy) is 2. The number of pyridine rings is 1. The highest BCUT2D eigenvalue weighted by Crippen LogP contribution is 2.19. The molecule has 1 aromatic rings. The SMILES string of the molecule is COC(=O)C(Cc1cccnc1OC)C(=O)O. The highest BCUT2D eigenvalue weighted by Gasteiger charge is 2.28. The van der Waals surface area contributed by atoms with E-state index in [1.165, 1.54) is 13.3 Å². The van der Waals surface area contributed by atoms with Crippen LogP contribution in [0.3, 0.4) is 0 Å². The van der Waals surface area contributed by atoms with Gasteiger partial charge in [0, 0.05) is 18.2 Å². The largest absolute Gasteiger partial charge is 0.481 e. The van der Waals surface area contributed by atoms with Crippen LogP contribution in [0.15, 0.2) is 18.3 Å². The number of methoxy groups -OCH3 is 2. The first-order valence-electron chi connectivity index (χ1n) is 4.88. The predicted molar refractivity (Wildman–Crippen MR) is 57.6 cm³/mol. The number of hydrogen-bond donors (Lipinski definition) is 1. The summed E-state index contributed by atoms with van der Waals surface area (Å²) < 4.78 is 9.42. The van der Waals surface area contributed by atoms with Crippen molar-refractivity contribution in [1.29, 1.82) is 0 Å². The summed E-state index contributed by atoms with van der Waals surface area (Å²) in [6, 6.07) is 3.30. The molecule has 1 N–H and O–H groups in total. The average Bonchev–Trinajstić information content (AvgIpc) is 2.35. The van der Waals surface area contributed by atoms with Gasteiger partial charge in [0.05, 0.1) is 14.2 Å². The molecule has 1 unspecified atom stereocenters. The Bertz CT molecular complexity index is 418. The number of nitrogens with zero attached hydrogens (tertiary/aromatic N) is 1. The van der Waals surface area contributed by atoms with E-state index in [2.05, 4.69) is 9.72 Å². The molecule has 6 heteroatoms. The molecule has 6 nitrogen and oxygen atoms in total. The van der Waals surface area contributed by atoms with Crippen molar-refractivity contribution in [3.8, 4) is 5.88 Å². The van der Waals surface area contributed by atoms with Crippen LogP contribution in [0.1, 0.15) is 5.56 Å². The van der Waals surface area contributed by atoms with Gasteiger partial charge in [0.1, 0.15) is 0 Å². The molecule has 0 radical (unpaired) electrons. The van der Waals surface area contributed by atoms with Crippen molar-refractivity contribution in [1.82, 2.24) is 4.98 Å². The lowest BCUT2D eigenvalue weighted by atomic mass is 10.0. The van der Waals surface area contributed by atoms with Crippen LogP contribution in [0.2, 0.25) is 0 Å². The Hall–Kier alpha value is -2.11. The third-order valence-electron chi connectivity index (χ3n) is 2.25. The van der Waals surface area contributed by atoms with E-state index >= 15 is 0 Å². The first kappa shape index (κ1) is 13.0. The van der Waals surface area contributed by atoms with Crippen LogP contribution in [0.25, 0.3) is 0 Å². The zero-order valence-electron chi connectivity index (χ0n) is 9.54. The number of rotatable bonds is 5. The third kappa shape index (κ3) is 3.17. The van der Waals surface area contributed by atoms with E-state index in [9.17, 15) is 9.59 Å². The maximum atomic E-state index is 11.3. The highest BCUT2D eigenvalue weighted by atomic mass is 16.5. The van der Waals surface area contributed by atoms with Crippen LogP contribution >= 0.6 is 0 Å². The van der Waals surface area contributed by atoms with Gasteiger partial charge in [0.15, 0.2) is 5.92 Å². The third-order valence-corrected chi connectivity index (χ3v) is 2.25. The van der Waals surface area contributed by atoms with Gasteiger partial charge in [-0.15, -0.1) is 0 Å². The van der Waals surface area contributed by atoms with Gasteiger partial charge in [0.2, 0.25) is 5.88 Å². The number of carboxylic acid groups (broad SMARTS) is 1. The van der Waals surface area contributed by atoms with Crippen LogP contribution in [-0.2, 0) is 20.7 Å². The van der Waals surface area contributed by atoms with Gasteiger partial charge in [-0.2, -0.15) is 0 Å². The molecule has 0 amide bonds. The molecule has 0 fully saturated rings. The van der Waals surface area contributed by atoms with Crippen molar-refractivity contribution < 1.29 is 24.2 Å². The summed E-state index contributed by atoms with van der Waals surface area (Å²) >= 11 is 0. The van der Waals surface area contributed by atoms with Gasteiger partial charge < -0.3 is 14.6 Å². The molecule has 1 heterocycles. The van der Waals surface area contributed by atoms with Gasteiger partial charge in [-0.1, -0.05) is 6.07 Å². The highest BCUT2D eigenvalue weighted by molar-refractivity contribution is 5.94. The number of hydrogen-bond acceptors (Lipinski definition) is 5. The minimum Gasteiger partial charge on any atom is -0.481 e. The van der Waals surface area contributed by atoms with Crippen molar-refractivity contribution in [2.45, 2.75) is 6.42 Å². The lowest BCUT2D eigenvalue weighted by Crippen LogP contribution is -2.27. The fourth-order valence-corrected chi connectivity index (χ4v) is 1.40. The Labute approximate surface area is 98.2 Å². The second-order valence-electron chi connectivity index (χ2n) is 3.29. The molecule has 17 heavy (non-hydrogen) atoms. The standard InChI is InChI=1S/C11H13NO5/c1-16-9-7(4-3-5-12-9)6-8(10(13)14)11(15)17-2/h3-5,8H,6H2,1-2H3,(H,13,14). The minimum absolute atomic E-state index is 0.0149. The first-order valence-corrected chi connectivity index (χ1v) is 4.88. The molecule has 0 spiro atoms. The Balaban J connectivity index is 2.93. The Kier molecular flexibility index (Phi) is 4.45. The van der Waals surface area contributed by atoms with Crippen LogP contribution in [0, 0.1) is 5.92 Å². The Morgan fingerprint density at radius 3 is 2.71 bits per heavy atom. The van der Waals surface area contributed by atoms with E-state index in [1.54, 1.807) is 12.1 Å². The number of aliphatic carboxylic acids is 1. The summed E-state index contributed by atoms with van der Waals surface area (Å²) in [5, 5.41) is 8.94. The molecule has 1 rings (SSSR count). The van der Waals surface area contributed by atoms with Crippen molar-refractivity contribution in [2.75, 3.05) is 14.2 Å². The molecule has 0 aliphatic carbocycles. The molecule has 0 saturated carbocycles. The fraction of sp³-hybridized carbons (Fsp3) is 0.364. The zero-order chi connectivity index (χ0) is 12.8. The van der Waals surface area contributed by atoms with Crippen molar-refractivity contribution in [3.63, 3.8) is 0 Å². The van der Waals surface area contributed by atoms with Crippen LogP contribution < -0.4 is 4.74 Å². The second-order valence-corrected chi connectivity index (χ2v) is 3.29. The number of carboxylic acids is 1. The number of esters is 1. The van der Waals surface area contributed by atoms with E-state index in [-0.39, 0.29) is 6.42 Å². The molecular weight excluding hydrogens is 226 g/mol. The molecule has 1 aromatic heterocycles. The molecule has 92 valence electrons. The summed E-state index contributed by atoms with van der Waals surface area (Å²) in [5.41, 5.74) is 0.549. The van der Waals surface area contributed by atoms with E-state index < -0.39 is 17.9 Å². The normalized spacial score (nSPS) is 11.6. The van der Waals surface area contributed by atoms with Crippen LogP contribution in [-0.4, -0.2) is 36.2 Å². The Morgan fingerprint density at radius 1 is 1.47 bits per heavy atom. The van der Waals surface area contributed by atoms with Crippen molar-refractivity contribution >= 4 is 11.9 Å². The molecule has 0 aliphatic heterocycles. The average molecular weight is 239 g/mol. The Morgan fingerprint density at radius 2 is 2.18 bits per heavy atom. The van der Waals surface area contributed by atoms with Crippen LogP contribution in [0.4, 0.5) is 0 Å². The number of carbonyl (C=O) groups is 2. The second kappa shape index (κ2) is 5.83. The van der Waals surface area contributed by atoms with Crippen LogP contribution in [0.5, 0.6) is 5.88 Å². The molecule has 0 aliphatic rings. The topological polar surface area (TPSA) is 85.7 Å². The molecule has 0 bridgehead atoms. The molecule has 0 saturated heterocycles. The first-order chi connectivity index (χ1) is 8.10. The summed E-state index contributed by atoms with van der Waals surface area (Å²) in [5.74, 6) is -2.97. The van der Waals surface area contributed by atoms with Gasteiger partial charge in [-0.05, 0) is 6.07 Å². The number of aromatic nitrogens is 1. The molecular formula is C11H13NO5. The predicted octanol–water partition coefficient (Wildman–Crippen LogP) is 0.506. The zero-order valence-corrected chi connectivity index (χ0v) is 9.54. The summed E-state index contributed by atoms with van der Waals surface area (Å²) in [4.78, 5) is 26.2. The van der Waals surface area contributed by atoms with Gasteiger partial charge in [0.25, 0.3) is 0 Å². The van der Waals surface area contributed by atoms with Gasteiger partial charge in [-0.25, -0.2) is 4.98 Å². The summed E-state index contributed by atoms with van der Waals surface area (Å²) in [7, 11) is 2.58. The minimum atomic E-state index is -1.25. The quantitative estimate of drug-likeness (QED) is 0.595. The fourth-order valence-electron chi connectivity index (χ4n) is 1.40. The van der Waals surface area contributed by atoms with Gasteiger partial charge in [-0.3, -0.25) is 9.59 Å². The van der Waals surface area contributed by atoms with Crippen molar-refractivity contribution in [3.05, 3.63) is 23.9 Å². The van der Waals surface area contributed by atoms with E-state index in [1.807, 2.05) is 0 Å². The lowest BCUT2D eigenvalue weighted by Gasteiger charge is -2.11. The monoisotopic (exact) mass is 239 g/mol.